The number of aromatic nitrogens is 1. The summed E-state index contributed by atoms with van der Waals surface area (Å²) in [5, 5.41) is 5.26. The third-order valence-electron chi connectivity index (χ3n) is 2.68. The molecule has 0 saturated heterocycles. The summed E-state index contributed by atoms with van der Waals surface area (Å²) >= 11 is 12.3. The highest BCUT2D eigenvalue weighted by molar-refractivity contribution is 6.39. The maximum absolute atomic E-state index is 6.16. The molecule has 4 heteroatoms. The van der Waals surface area contributed by atoms with Crippen molar-refractivity contribution in [3.8, 4) is 11.3 Å². The van der Waals surface area contributed by atoms with Gasteiger partial charge in [0.2, 0.25) is 0 Å². The van der Waals surface area contributed by atoms with Gasteiger partial charge < -0.3 is 4.52 Å². The molecule has 118 valence electrons. The Labute approximate surface area is 138 Å². The molecule has 0 bridgehead atoms. The van der Waals surface area contributed by atoms with E-state index in [1.54, 1.807) is 12.1 Å². The van der Waals surface area contributed by atoms with Crippen LogP contribution in [0.25, 0.3) is 11.3 Å². The molecule has 2 nitrogen and oxygen atoms in total. The average Bonchev–Trinajstić information content (AvgIpc) is 2.85. The second-order valence-corrected chi connectivity index (χ2v) is 5.09. The molecule has 0 N–H and O–H groups in total. The van der Waals surface area contributed by atoms with Crippen LogP contribution in [0, 0.1) is 6.92 Å². The number of rotatable bonds is 2. The van der Waals surface area contributed by atoms with Gasteiger partial charge in [0.1, 0.15) is 11.5 Å². The standard InChI is InChI=1S/C13H13Cl2NO.2C2H6/c1-7(2)13-8(3)12(16-17-13)11-9(14)5-4-6-10(11)15;2*1-2/h4-7H,1-3H3;2*1-2H3. The van der Waals surface area contributed by atoms with Crippen molar-refractivity contribution < 1.29 is 4.52 Å². The fourth-order valence-corrected chi connectivity index (χ4v) is 2.42. The average molecular weight is 330 g/mol. The van der Waals surface area contributed by atoms with Gasteiger partial charge in [-0.3, -0.25) is 0 Å². The molecule has 21 heavy (non-hydrogen) atoms. The van der Waals surface area contributed by atoms with E-state index < -0.39 is 0 Å². The fourth-order valence-electron chi connectivity index (χ4n) is 1.84. The van der Waals surface area contributed by atoms with Gasteiger partial charge in [-0.05, 0) is 19.1 Å². The zero-order chi connectivity index (χ0) is 16.6. The molecule has 0 unspecified atom stereocenters. The summed E-state index contributed by atoms with van der Waals surface area (Å²) in [5.74, 6) is 1.16. The van der Waals surface area contributed by atoms with Crippen molar-refractivity contribution >= 4 is 23.2 Å². The molecular weight excluding hydrogens is 305 g/mol. The lowest BCUT2D eigenvalue weighted by atomic mass is 10.0. The van der Waals surface area contributed by atoms with Gasteiger partial charge in [-0.2, -0.15) is 0 Å². The second kappa shape index (κ2) is 9.86. The summed E-state index contributed by atoms with van der Waals surface area (Å²) in [5.41, 5.74) is 2.46. The Morgan fingerprint density at radius 1 is 1.00 bits per heavy atom. The van der Waals surface area contributed by atoms with E-state index in [9.17, 15) is 0 Å². The molecule has 0 aliphatic rings. The number of halogens is 2. The molecule has 1 aromatic heterocycles. The normalized spacial score (nSPS) is 9.62. The summed E-state index contributed by atoms with van der Waals surface area (Å²) in [7, 11) is 0. The first-order valence-corrected chi connectivity index (χ1v) is 8.18. The Kier molecular flexibility index (Phi) is 9.39. The van der Waals surface area contributed by atoms with Crippen molar-refractivity contribution in [2.24, 2.45) is 0 Å². The smallest absolute Gasteiger partial charge is 0.142 e. The third kappa shape index (κ3) is 4.76. The summed E-state index contributed by atoms with van der Waals surface area (Å²) in [6.07, 6.45) is 0. The predicted molar refractivity (Wildman–Crippen MR) is 93.5 cm³/mol. The van der Waals surface area contributed by atoms with E-state index >= 15 is 0 Å². The quantitative estimate of drug-likeness (QED) is 0.585. The Bertz CT molecular complexity index is 527. The van der Waals surface area contributed by atoms with Gasteiger partial charge in [0, 0.05) is 17.0 Å². The fraction of sp³-hybridized carbons (Fsp3) is 0.471. The first-order chi connectivity index (χ1) is 10.0. The largest absolute Gasteiger partial charge is 0.360 e. The van der Waals surface area contributed by atoms with Crippen molar-refractivity contribution in [3.05, 3.63) is 39.6 Å². The molecule has 0 saturated carbocycles. The van der Waals surface area contributed by atoms with Gasteiger partial charge in [-0.15, -0.1) is 0 Å². The van der Waals surface area contributed by atoms with Gasteiger partial charge in [-0.1, -0.05) is 76.0 Å². The molecular formula is C17H25Cl2NO. The molecule has 1 aromatic carbocycles. The van der Waals surface area contributed by atoms with Crippen molar-refractivity contribution in [1.82, 2.24) is 5.16 Å². The highest BCUT2D eigenvalue weighted by atomic mass is 35.5. The van der Waals surface area contributed by atoms with E-state index in [0.29, 0.717) is 10.0 Å². The molecule has 0 aliphatic heterocycles. The van der Waals surface area contributed by atoms with Crippen LogP contribution in [0.1, 0.15) is 58.8 Å². The van der Waals surface area contributed by atoms with Crippen LogP contribution < -0.4 is 0 Å². The first kappa shape index (κ1) is 20.0. The summed E-state index contributed by atoms with van der Waals surface area (Å²) in [6.45, 7) is 14.1. The van der Waals surface area contributed by atoms with Crippen LogP contribution in [-0.4, -0.2) is 5.16 Å². The summed E-state index contributed by atoms with van der Waals surface area (Å²) in [6, 6.07) is 5.41. The van der Waals surface area contributed by atoms with Crippen LogP contribution in [0.3, 0.4) is 0 Å². The maximum atomic E-state index is 6.16. The monoisotopic (exact) mass is 329 g/mol. The van der Waals surface area contributed by atoms with Crippen LogP contribution in [0.15, 0.2) is 22.7 Å². The van der Waals surface area contributed by atoms with E-state index in [-0.39, 0.29) is 5.92 Å². The molecule has 1 heterocycles. The third-order valence-corrected chi connectivity index (χ3v) is 3.31. The lowest BCUT2D eigenvalue weighted by Crippen LogP contribution is -1.88. The molecule has 0 radical (unpaired) electrons. The van der Waals surface area contributed by atoms with E-state index in [1.165, 1.54) is 0 Å². The van der Waals surface area contributed by atoms with Crippen molar-refractivity contribution in [2.75, 3.05) is 0 Å². The number of hydrogen-bond donors (Lipinski definition) is 0. The van der Waals surface area contributed by atoms with Gasteiger partial charge in [-0.25, -0.2) is 0 Å². The topological polar surface area (TPSA) is 26.0 Å². The maximum Gasteiger partial charge on any atom is 0.142 e. The summed E-state index contributed by atoms with van der Waals surface area (Å²) < 4.78 is 5.35. The van der Waals surface area contributed by atoms with Gasteiger partial charge in [0.15, 0.2) is 0 Å². The molecule has 2 aromatic rings. The van der Waals surface area contributed by atoms with Crippen LogP contribution >= 0.6 is 23.2 Å². The molecule has 0 spiro atoms. The van der Waals surface area contributed by atoms with E-state index in [2.05, 4.69) is 19.0 Å². The number of benzene rings is 1. The van der Waals surface area contributed by atoms with E-state index in [4.69, 9.17) is 27.7 Å². The minimum atomic E-state index is 0.289. The van der Waals surface area contributed by atoms with Crippen LogP contribution in [-0.2, 0) is 0 Å². The van der Waals surface area contributed by atoms with Gasteiger partial charge in [0.25, 0.3) is 0 Å². The van der Waals surface area contributed by atoms with Gasteiger partial charge >= 0.3 is 0 Å². The Hall–Kier alpha value is -0.990. The first-order valence-electron chi connectivity index (χ1n) is 7.43. The van der Waals surface area contributed by atoms with Crippen LogP contribution in [0.2, 0.25) is 10.0 Å². The minimum Gasteiger partial charge on any atom is -0.360 e. The Morgan fingerprint density at radius 3 is 1.86 bits per heavy atom. The van der Waals surface area contributed by atoms with E-state index in [0.717, 1.165) is 22.6 Å². The van der Waals surface area contributed by atoms with Crippen molar-refractivity contribution in [3.63, 3.8) is 0 Å². The Morgan fingerprint density at radius 2 is 1.48 bits per heavy atom. The minimum absolute atomic E-state index is 0.289. The number of hydrogen-bond acceptors (Lipinski definition) is 2. The van der Waals surface area contributed by atoms with E-state index in [1.807, 2.05) is 40.7 Å². The zero-order valence-electron chi connectivity index (χ0n) is 13.9. The molecule has 0 fully saturated rings. The van der Waals surface area contributed by atoms with Crippen LogP contribution in [0.4, 0.5) is 0 Å². The molecule has 0 aliphatic carbocycles. The second-order valence-electron chi connectivity index (χ2n) is 4.27. The molecule has 0 amide bonds. The lowest BCUT2D eigenvalue weighted by Gasteiger charge is -2.04. The summed E-state index contributed by atoms with van der Waals surface area (Å²) in [4.78, 5) is 0. The lowest BCUT2D eigenvalue weighted by molar-refractivity contribution is 0.371. The van der Waals surface area contributed by atoms with Crippen molar-refractivity contribution in [2.45, 2.75) is 54.4 Å². The van der Waals surface area contributed by atoms with Crippen LogP contribution in [0.5, 0.6) is 0 Å². The number of nitrogens with zero attached hydrogens (tertiary/aromatic N) is 1. The zero-order valence-corrected chi connectivity index (χ0v) is 15.4. The predicted octanol–water partition coefficient (Wildman–Crippen LogP) is 7.13. The highest BCUT2D eigenvalue weighted by Crippen LogP contribution is 2.37. The molecule has 2 rings (SSSR count). The van der Waals surface area contributed by atoms with Crippen molar-refractivity contribution in [1.29, 1.82) is 0 Å². The SMILES string of the molecule is CC.CC.Cc1c(-c2c(Cl)cccc2Cl)noc1C(C)C. The molecule has 0 atom stereocenters. The highest BCUT2D eigenvalue weighted by Gasteiger charge is 2.19. The van der Waals surface area contributed by atoms with Gasteiger partial charge in [0.05, 0.1) is 10.0 Å². The Balaban J connectivity index is 0.000000921.